The van der Waals surface area contributed by atoms with Crippen molar-refractivity contribution in [2.75, 3.05) is 13.2 Å². The zero-order valence-corrected chi connectivity index (χ0v) is 35.4. The molecule has 0 rings (SSSR count). The molecule has 0 aromatic rings. The second kappa shape index (κ2) is 39.1. The maximum atomic E-state index is 12.7. The molecule has 0 heterocycles. The normalized spacial score (nSPS) is 12.1. The third kappa shape index (κ3) is 39.6. The summed E-state index contributed by atoms with van der Waals surface area (Å²) in [5, 5.41) is 0. The minimum Gasteiger partial charge on any atom is -0.462 e. The molecule has 0 fully saturated rings. The van der Waals surface area contributed by atoms with Gasteiger partial charge in [0.1, 0.15) is 13.2 Å². The first-order valence-electron chi connectivity index (χ1n) is 22.7. The van der Waals surface area contributed by atoms with Crippen molar-refractivity contribution in [3.63, 3.8) is 0 Å². The molecule has 0 amide bonds. The van der Waals surface area contributed by atoms with E-state index < -0.39 is 6.10 Å². The number of rotatable bonds is 40. The van der Waals surface area contributed by atoms with Crippen LogP contribution in [0.25, 0.3) is 0 Å². The van der Waals surface area contributed by atoms with Crippen LogP contribution in [0.5, 0.6) is 0 Å². The van der Waals surface area contributed by atoms with Gasteiger partial charge in [-0.15, -0.1) is 0 Å². The van der Waals surface area contributed by atoms with Crippen LogP contribution >= 0.6 is 0 Å². The van der Waals surface area contributed by atoms with E-state index in [1.165, 1.54) is 135 Å². The highest BCUT2D eigenvalue weighted by Crippen LogP contribution is 2.16. The van der Waals surface area contributed by atoms with E-state index in [1.54, 1.807) is 0 Å². The molecule has 6 nitrogen and oxygen atoms in total. The van der Waals surface area contributed by atoms with Crippen LogP contribution in [0.4, 0.5) is 0 Å². The average molecular weight is 737 g/mol. The van der Waals surface area contributed by atoms with E-state index >= 15 is 0 Å². The van der Waals surface area contributed by atoms with Crippen LogP contribution in [0.2, 0.25) is 0 Å². The van der Waals surface area contributed by atoms with Gasteiger partial charge in [-0.3, -0.25) is 14.4 Å². The Morgan fingerprint density at radius 3 is 0.942 bits per heavy atom. The molecule has 1 atom stereocenters. The molecule has 0 aliphatic heterocycles. The lowest BCUT2D eigenvalue weighted by Crippen LogP contribution is -2.30. The van der Waals surface area contributed by atoms with Gasteiger partial charge in [-0.1, -0.05) is 208 Å². The first-order valence-corrected chi connectivity index (χ1v) is 22.7. The summed E-state index contributed by atoms with van der Waals surface area (Å²) in [7, 11) is 0. The Bertz CT molecular complexity index is 794. The van der Waals surface area contributed by atoms with Crippen molar-refractivity contribution >= 4 is 17.9 Å². The minimum absolute atomic E-state index is 0.0655. The third-order valence-electron chi connectivity index (χ3n) is 10.2. The quantitative estimate of drug-likeness (QED) is 0.0354. The maximum absolute atomic E-state index is 12.7. The summed E-state index contributed by atoms with van der Waals surface area (Å²) < 4.78 is 16.7. The van der Waals surface area contributed by atoms with Crippen molar-refractivity contribution in [3.8, 4) is 0 Å². The van der Waals surface area contributed by atoms with E-state index in [2.05, 4.69) is 34.6 Å². The second-order valence-corrected chi connectivity index (χ2v) is 16.6. The summed E-state index contributed by atoms with van der Waals surface area (Å²) in [5.41, 5.74) is 0. The smallest absolute Gasteiger partial charge is 0.306 e. The zero-order valence-electron chi connectivity index (χ0n) is 35.4. The Labute approximate surface area is 323 Å². The topological polar surface area (TPSA) is 78.9 Å². The lowest BCUT2D eigenvalue weighted by atomic mass is 10.0. The zero-order chi connectivity index (χ0) is 38.3. The number of esters is 3. The second-order valence-electron chi connectivity index (χ2n) is 16.6. The first-order chi connectivity index (χ1) is 25.2. The van der Waals surface area contributed by atoms with E-state index in [-0.39, 0.29) is 31.1 Å². The van der Waals surface area contributed by atoms with Crippen LogP contribution in [0.15, 0.2) is 0 Å². The monoisotopic (exact) mass is 737 g/mol. The fraction of sp³-hybridized carbons (Fsp3) is 0.935. The highest BCUT2D eigenvalue weighted by molar-refractivity contribution is 5.71. The summed E-state index contributed by atoms with van der Waals surface area (Å²) in [4.78, 5) is 37.6. The molecular weight excluding hydrogens is 648 g/mol. The third-order valence-corrected chi connectivity index (χ3v) is 10.2. The minimum atomic E-state index is -0.760. The largest absolute Gasteiger partial charge is 0.462 e. The van der Waals surface area contributed by atoms with Gasteiger partial charge in [0.05, 0.1) is 0 Å². The predicted octanol–water partition coefficient (Wildman–Crippen LogP) is 14.2. The van der Waals surface area contributed by atoms with E-state index in [0.717, 1.165) is 69.6 Å². The van der Waals surface area contributed by atoms with Gasteiger partial charge >= 0.3 is 17.9 Å². The Morgan fingerprint density at radius 1 is 0.365 bits per heavy atom. The molecule has 0 aliphatic carbocycles. The van der Waals surface area contributed by atoms with E-state index in [1.807, 2.05) is 0 Å². The number of hydrogen-bond acceptors (Lipinski definition) is 6. The molecule has 0 aromatic carbocycles. The van der Waals surface area contributed by atoms with Crippen LogP contribution in [0, 0.1) is 11.8 Å². The fourth-order valence-electron chi connectivity index (χ4n) is 6.75. The number of hydrogen-bond donors (Lipinski definition) is 0. The molecule has 0 saturated heterocycles. The van der Waals surface area contributed by atoms with Crippen molar-refractivity contribution in [2.24, 2.45) is 11.8 Å². The molecule has 0 unspecified atom stereocenters. The lowest BCUT2D eigenvalue weighted by molar-refractivity contribution is -0.167. The molecule has 52 heavy (non-hydrogen) atoms. The highest BCUT2D eigenvalue weighted by atomic mass is 16.6. The van der Waals surface area contributed by atoms with Crippen LogP contribution in [0.3, 0.4) is 0 Å². The van der Waals surface area contributed by atoms with Gasteiger partial charge in [0.15, 0.2) is 6.10 Å². The van der Waals surface area contributed by atoms with E-state index in [0.29, 0.717) is 19.3 Å². The summed E-state index contributed by atoms with van der Waals surface area (Å²) in [6.07, 6.45) is 36.7. The Balaban J connectivity index is 4.31. The molecule has 308 valence electrons. The van der Waals surface area contributed by atoms with Crippen LogP contribution in [-0.4, -0.2) is 37.2 Å². The van der Waals surface area contributed by atoms with Gasteiger partial charge in [-0.25, -0.2) is 0 Å². The number of carbonyl (C=O) groups excluding carboxylic acids is 3. The maximum Gasteiger partial charge on any atom is 0.306 e. The number of unbranched alkanes of at least 4 members (excludes halogenated alkanes) is 25. The number of carbonyl (C=O) groups is 3. The van der Waals surface area contributed by atoms with Crippen molar-refractivity contribution < 1.29 is 28.6 Å². The lowest BCUT2D eigenvalue weighted by Gasteiger charge is -2.18. The van der Waals surface area contributed by atoms with Gasteiger partial charge in [-0.2, -0.15) is 0 Å². The Kier molecular flexibility index (Phi) is 37.9. The molecular formula is C46H88O6. The van der Waals surface area contributed by atoms with Crippen LogP contribution < -0.4 is 0 Å². The predicted molar refractivity (Wildman–Crippen MR) is 220 cm³/mol. The van der Waals surface area contributed by atoms with Crippen molar-refractivity contribution in [3.05, 3.63) is 0 Å². The molecule has 0 N–H and O–H groups in total. The summed E-state index contributed by atoms with van der Waals surface area (Å²) in [6.45, 7) is 11.3. The summed E-state index contributed by atoms with van der Waals surface area (Å²) >= 11 is 0. The average Bonchev–Trinajstić information content (AvgIpc) is 3.11. The molecule has 0 bridgehead atoms. The van der Waals surface area contributed by atoms with Crippen LogP contribution in [-0.2, 0) is 28.6 Å². The summed E-state index contributed by atoms with van der Waals surface area (Å²) in [5.74, 6) is 0.728. The highest BCUT2D eigenvalue weighted by Gasteiger charge is 2.19. The van der Waals surface area contributed by atoms with Gasteiger partial charge < -0.3 is 14.2 Å². The molecule has 0 aliphatic rings. The van der Waals surface area contributed by atoms with Gasteiger partial charge in [0.25, 0.3) is 0 Å². The van der Waals surface area contributed by atoms with E-state index in [4.69, 9.17) is 14.2 Å². The summed E-state index contributed by atoms with van der Waals surface area (Å²) in [6, 6.07) is 0. The molecule has 0 aromatic heterocycles. The first kappa shape index (κ1) is 50.4. The van der Waals surface area contributed by atoms with Gasteiger partial charge in [0, 0.05) is 19.3 Å². The standard InChI is InChI=1S/C46H88O6/c1-6-7-8-9-10-11-13-18-21-28-33-38-46(49)52-43(40-51-45(48)37-32-27-23-22-25-30-35-42(4)5)39-50-44(47)36-31-26-20-17-15-12-14-16-19-24-29-34-41(2)3/h41-43H,6-40H2,1-5H3/t43-/m0/s1. The Morgan fingerprint density at radius 2 is 0.635 bits per heavy atom. The van der Waals surface area contributed by atoms with Crippen molar-refractivity contribution in [1.82, 2.24) is 0 Å². The fourth-order valence-corrected chi connectivity index (χ4v) is 6.75. The molecule has 6 heteroatoms. The Hall–Kier alpha value is -1.59. The van der Waals surface area contributed by atoms with Gasteiger partial charge in [0.2, 0.25) is 0 Å². The molecule has 0 saturated carbocycles. The van der Waals surface area contributed by atoms with Crippen molar-refractivity contribution in [2.45, 2.75) is 253 Å². The number of ether oxygens (including phenoxy) is 3. The van der Waals surface area contributed by atoms with Gasteiger partial charge in [-0.05, 0) is 31.1 Å². The van der Waals surface area contributed by atoms with Crippen molar-refractivity contribution in [1.29, 1.82) is 0 Å². The SMILES string of the molecule is CCCCCCCCCCCCCC(=O)O[C@@H](COC(=O)CCCCCCCCCCCCCC(C)C)COC(=O)CCCCCCCCC(C)C. The molecule has 0 spiro atoms. The molecule has 0 radical (unpaired) electrons. The van der Waals surface area contributed by atoms with E-state index in [9.17, 15) is 14.4 Å². The van der Waals surface area contributed by atoms with Crippen LogP contribution in [0.1, 0.15) is 247 Å².